The Bertz CT molecular complexity index is 384. The van der Waals surface area contributed by atoms with Crippen molar-refractivity contribution in [1.82, 2.24) is 10.3 Å². The standard InChI is InChI=1S/C14H22N2S2/c1-4-16-13(12-7-10(2)8-15-9-12)14-11(3)17-5-6-18-14/h7-9,11,13-14,16H,4-6H2,1-3H3. The summed E-state index contributed by atoms with van der Waals surface area (Å²) >= 11 is 4.21. The average molecular weight is 282 g/mol. The molecule has 4 heteroatoms. The van der Waals surface area contributed by atoms with Crippen molar-refractivity contribution in [2.75, 3.05) is 18.1 Å². The largest absolute Gasteiger partial charge is 0.309 e. The predicted octanol–water partition coefficient (Wildman–Crippen LogP) is 3.28. The molecule has 0 radical (unpaired) electrons. The zero-order valence-electron chi connectivity index (χ0n) is 11.3. The first-order valence-electron chi connectivity index (χ1n) is 6.60. The minimum absolute atomic E-state index is 0.426. The smallest absolute Gasteiger partial charge is 0.0466 e. The summed E-state index contributed by atoms with van der Waals surface area (Å²) in [6.45, 7) is 7.66. The van der Waals surface area contributed by atoms with Crippen LogP contribution in [0.25, 0.3) is 0 Å². The third-order valence-electron chi connectivity index (χ3n) is 3.24. The molecule has 3 unspecified atom stereocenters. The van der Waals surface area contributed by atoms with E-state index in [1.807, 2.05) is 12.4 Å². The fourth-order valence-electron chi connectivity index (χ4n) is 2.41. The van der Waals surface area contributed by atoms with Gasteiger partial charge < -0.3 is 5.32 Å². The molecule has 0 aromatic carbocycles. The summed E-state index contributed by atoms with van der Waals surface area (Å²) in [5.41, 5.74) is 2.58. The van der Waals surface area contributed by atoms with E-state index in [9.17, 15) is 0 Å². The van der Waals surface area contributed by atoms with Crippen molar-refractivity contribution in [2.45, 2.75) is 37.3 Å². The summed E-state index contributed by atoms with van der Waals surface area (Å²) in [6.07, 6.45) is 3.95. The van der Waals surface area contributed by atoms with Gasteiger partial charge in [-0.1, -0.05) is 19.9 Å². The Kier molecular flexibility index (Phi) is 5.39. The van der Waals surface area contributed by atoms with Gasteiger partial charge in [-0.15, -0.1) is 0 Å². The number of rotatable bonds is 4. The van der Waals surface area contributed by atoms with Gasteiger partial charge in [-0.25, -0.2) is 0 Å². The molecule has 1 aromatic heterocycles. The topological polar surface area (TPSA) is 24.9 Å². The molecular weight excluding hydrogens is 260 g/mol. The zero-order valence-corrected chi connectivity index (χ0v) is 13.0. The second-order valence-electron chi connectivity index (χ2n) is 4.74. The fraction of sp³-hybridized carbons (Fsp3) is 0.643. The highest BCUT2D eigenvalue weighted by Gasteiger charge is 2.31. The number of aryl methyl sites for hydroxylation is 1. The molecule has 1 aliphatic rings. The summed E-state index contributed by atoms with van der Waals surface area (Å²) < 4.78 is 0. The van der Waals surface area contributed by atoms with Gasteiger partial charge in [-0.3, -0.25) is 4.98 Å². The third-order valence-corrected chi connectivity index (χ3v) is 6.44. The number of nitrogens with zero attached hydrogens (tertiary/aromatic N) is 1. The molecule has 1 fully saturated rings. The summed E-state index contributed by atoms with van der Waals surface area (Å²) in [5, 5.41) is 5.00. The van der Waals surface area contributed by atoms with Crippen molar-refractivity contribution >= 4 is 23.5 Å². The lowest BCUT2D eigenvalue weighted by atomic mass is 10.0. The van der Waals surface area contributed by atoms with E-state index in [2.05, 4.69) is 60.7 Å². The Morgan fingerprint density at radius 2 is 2.17 bits per heavy atom. The molecule has 2 nitrogen and oxygen atoms in total. The van der Waals surface area contributed by atoms with Crippen LogP contribution in [0, 0.1) is 6.92 Å². The van der Waals surface area contributed by atoms with Gasteiger partial charge in [0.05, 0.1) is 0 Å². The Morgan fingerprint density at radius 1 is 1.39 bits per heavy atom. The summed E-state index contributed by atoms with van der Waals surface area (Å²) in [6, 6.07) is 2.70. The van der Waals surface area contributed by atoms with Crippen LogP contribution in [0.4, 0.5) is 0 Å². The molecule has 3 atom stereocenters. The molecule has 0 amide bonds. The molecule has 100 valence electrons. The predicted molar refractivity (Wildman–Crippen MR) is 83.6 cm³/mol. The normalized spacial score (nSPS) is 25.9. The van der Waals surface area contributed by atoms with Crippen molar-refractivity contribution in [3.63, 3.8) is 0 Å². The molecular formula is C14H22N2S2. The number of hydrogen-bond acceptors (Lipinski definition) is 4. The van der Waals surface area contributed by atoms with Crippen molar-refractivity contribution in [3.05, 3.63) is 29.6 Å². The lowest BCUT2D eigenvalue weighted by Crippen LogP contribution is -2.37. The SMILES string of the molecule is CCNC(c1cncc(C)c1)C1SCCSC1C. The van der Waals surface area contributed by atoms with Crippen LogP contribution in [0.1, 0.15) is 31.0 Å². The molecule has 1 aromatic rings. The van der Waals surface area contributed by atoms with Crippen molar-refractivity contribution in [2.24, 2.45) is 0 Å². The van der Waals surface area contributed by atoms with Crippen LogP contribution in [-0.2, 0) is 0 Å². The first-order chi connectivity index (χ1) is 8.72. The van der Waals surface area contributed by atoms with Crippen LogP contribution >= 0.6 is 23.5 Å². The molecule has 0 bridgehead atoms. The number of nitrogens with one attached hydrogen (secondary N) is 1. The molecule has 18 heavy (non-hydrogen) atoms. The lowest BCUT2D eigenvalue weighted by Gasteiger charge is -2.35. The third kappa shape index (κ3) is 3.43. The van der Waals surface area contributed by atoms with E-state index in [1.165, 1.54) is 22.6 Å². The Balaban J connectivity index is 2.21. The first-order valence-corrected chi connectivity index (χ1v) is 8.70. The van der Waals surface area contributed by atoms with E-state index in [0.29, 0.717) is 16.5 Å². The molecule has 2 rings (SSSR count). The number of hydrogen-bond donors (Lipinski definition) is 1. The fourth-order valence-corrected chi connectivity index (χ4v) is 5.36. The maximum absolute atomic E-state index is 4.35. The molecule has 1 N–H and O–H groups in total. The van der Waals surface area contributed by atoms with Crippen LogP contribution in [-0.4, -0.2) is 33.5 Å². The van der Waals surface area contributed by atoms with Gasteiger partial charge in [0.1, 0.15) is 0 Å². The highest BCUT2D eigenvalue weighted by Crippen LogP contribution is 2.38. The number of pyridine rings is 1. The van der Waals surface area contributed by atoms with Gasteiger partial charge in [0, 0.05) is 40.4 Å². The van der Waals surface area contributed by atoms with Gasteiger partial charge in [0.15, 0.2) is 0 Å². The Morgan fingerprint density at radius 3 is 2.83 bits per heavy atom. The van der Waals surface area contributed by atoms with Gasteiger partial charge in [-0.2, -0.15) is 23.5 Å². The van der Waals surface area contributed by atoms with E-state index in [4.69, 9.17) is 0 Å². The van der Waals surface area contributed by atoms with Crippen molar-refractivity contribution < 1.29 is 0 Å². The van der Waals surface area contributed by atoms with Crippen molar-refractivity contribution in [3.8, 4) is 0 Å². The van der Waals surface area contributed by atoms with E-state index in [0.717, 1.165) is 6.54 Å². The average Bonchev–Trinajstić information content (AvgIpc) is 2.37. The maximum Gasteiger partial charge on any atom is 0.0466 e. The molecule has 2 heterocycles. The minimum atomic E-state index is 0.426. The molecule has 1 aliphatic heterocycles. The maximum atomic E-state index is 4.35. The van der Waals surface area contributed by atoms with Crippen LogP contribution in [0.5, 0.6) is 0 Å². The van der Waals surface area contributed by atoms with Crippen molar-refractivity contribution in [1.29, 1.82) is 0 Å². The monoisotopic (exact) mass is 282 g/mol. The summed E-state index contributed by atoms with van der Waals surface area (Å²) in [5.74, 6) is 2.55. The molecule has 1 saturated heterocycles. The van der Waals surface area contributed by atoms with Crippen LogP contribution in [0.2, 0.25) is 0 Å². The number of thioether (sulfide) groups is 2. The highest BCUT2D eigenvalue weighted by atomic mass is 32.2. The minimum Gasteiger partial charge on any atom is -0.309 e. The van der Waals surface area contributed by atoms with Gasteiger partial charge in [-0.05, 0) is 24.6 Å². The van der Waals surface area contributed by atoms with Crippen LogP contribution in [0.15, 0.2) is 18.5 Å². The first kappa shape index (κ1) is 14.2. The van der Waals surface area contributed by atoms with Crippen LogP contribution < -0.4 is 5.32 Å². The Labute approximate surface area is 119 Å². The lowest BCUT2D eigenvalue weighted by molar-refractivity contribution is 0.524. The van der Waals surface area contributed by atoms with E-state index in [1.54, 1.807) is 0 Å². The second-order valence-corrected chi connectivity index (χ2v) is 7.51. The van der Waals surface area contributed by atoms with Gasteiger partial charge in [0.2, 0.25) is 0 Å². The van der Waals surface area contributed by atoms with E-state index in [-0.39, 0.29) is 0 Å². The molecule has 0 saturated carbocycles. The van der Waals surface area contributed by atoms with Gasteiger partial charge in [0.25, 0.3) is 0 Å². The highest BCUT2D eigenvalue weighted by molar-refractivity contribution is 8.07. The quantitative estimate of drug-likeness (QED) is 0.916. The van der Waals surface area contributed by atoms with E-state index >= 15 is 0 Å². The van der Waals surface area contributed by atoms with Crippen LogP contribution in [0.3, 0.4) is 0 Å². The van der Waals surface area contributed by atoms with E-state index < -0.39 is 0 Å². The molecule has 0 aliphatic carbocycles. The number of aromatic nitrogens is 1. The summed E-state index contributed by atoms with van der Waals surface area (Å²) in [7, 11) is 0. The summed E-state index contributed by atoms with van der Waals surface area (Å²) in [4.78, 5) is 4.35. The zero-order chi connectivity index (χ0) is 13.0. The second kappa shape index (κ2) is 6.83. The molecule has 0 spiro atoms. The Hall–Kier alpha value is -0.190. The van der Waals surface area contributed by atoms with Gasteiger partial charge >= 0.3 is 0 Å².